The molecule has 0 spiro atoms. The molecule has 0 amide bonds. The van der Waals surface area contributed by atoms with Gasteiger partial charge in [-0.25, -0.2) is 0 Å². The molecular weight excluding hydrogens is 168 g/mol. The second kappa shape index (κ2) is 8.80. The summed E-state index contributed by atoms with van der Waals surface area (Å²) < 4.78 is 0. The first-order valence-corrected chi connectivity index (χ1v) is 5.62. The molecule has 1 saturated carbocycles. The predicted molar refractivity (Wildman–Crippen MR) is 66.4 cm³/mol. The van der Waals surface area contributed by atoms with Crippen molar-refractivity contribution in [2.75, 3.05) is 0 Å². The number of hydrogen-bond donors (Lipinski definition) is 0. The molecule has 0 bridgehead atoms. The van der Waals surface area contributed by atoms with Crippen LogP contribution < -0.4 is 0 Å². The minimum absolute atomic E-state index is 0.929. The molecule has 0 aliphatic heterocycles. The van der Waals surface area contributed by atoms with Gasteiger partial charge in [0.1, 0.15) is 0 Å². The summed E-state index contributed by atoms with van der Waals surface area (Å²) in [6, 6.07) is 0. The first kappa shape index (κ1) is 13.2. The van der Waals surface area contributed by atoms with Crippen LogP contribution in [-0.4, -0.2) is 0 Å². The standard InChI is InChI=1S/C10H18.C4H6/c1-3-9(2)10-7-5-4-6-8-10;1-3-4-2/h3,10H,4-8H2,1-2H3;3-4H,1-2H2/b9-3+;. The Bertz CT molecular complexity index is 174. The summed E-state index contributed by atoms with van der Waals surface area (Å²) >= 11 is 0. The lowest BCUT2D eigenvalue weighted by molar-refractivity contribution is 0.402. The van der Waals surface area contributed by atoms with Crippen molar-refractivity contribution in [3.05, 3.63) is 37.0 Å². The van der Waals surface area contributed by atoms with Crippen molar-refractivity contribution >= 4 is 0 Å². The predicted octanol–water partition coefficient (Wildman–Crippen LogP) is 4.89. The van der Waals surface area contributed by atoms with E-state index in [0.717, 1.165) is 5.92 Å². The van der Waals surface area contributed by atoms with Gasteiger partial charge in [0.25, 0.3) is 0 Å². The highest BCUT2D eigenvalue weighted by Gasteiger charge is 2.13. The molecule has 1 rings (SSSR count). The summed E-state index contributed by atoms with van der Waals surface area (Å²) in [5.41, 5.74) is 1.61. The Balaban J connectivity index is 0.000000364. The lowest BCUT2D eigenvalue weighted by Gasteiger charge is -2.21. The highest BCUT2D eigenvalue weighted by molar-refractivity contribution is 5.02. The van der Waals surface area contributed by atoms with Gasteiger partial charge in [-0.05, 0) is 32.6 Å². The fourth-order valence-corrected chi connectivity index (χ4v) is 1.79. The van der Waals surface area contributed by atoms with Crippen molar-refractivity contribution in [3.63, 3.8) is 0 Å². The molecule has 0 N–H and O–H groups in total. The van der Waals surface area contributed by atoms with E-state index in [0.29, 0.717) is 0 Å². The topological polar surface area (TPSA) is 0 Å². The van der Waals surface area contributed by atoms with E-state index in [1.54, 1.807) is 17.7 Å². The molecule has 0 radical (unpaired) electrons. The van der Waals surface area contributed by atoms with Gasteiger partial charge in [-0.2, -0.15) is 0 Å². The van der Waals surface area contributed by atoms with Gasteiger partial charge in [-0.1, -0.05) is 56.2 Å². The summed E-state index contributed by atoms with van der Waals surface area (Å²) in [5.74, 6) is 0.929. The molecular formula is C14H24. The first-order chi connectivity index (χ1) is 6.76. The Morgan fingerprint density at radius 3 is 1.93 bits per heavy atom. The van der Waals surface area contributed by atoms with Crippen LogP contribution >= 0.6 is 0 Å². The van der Waals surface area contributed by atoms with Gasteiger partial charge < -0.3 is 0 Å². The molecule has 80 valence electrons. The van der Waals surface area contributed by atoms with Crippen LogP contribution in [-0.2, 0) is 0 Å². The van der Waals surface area contributed by atoms with Crippen molar-refractivity contribution in [2.45, 2.75) is 46.0 Å². The third-order valence-electron chi connectivity index (χ3n) is 2.87. The number of hydrogen-bond acceptors (Lipinski definition) is 0. The van der Waals surface area contributed by atoms with Crippen LogP contribution in [0.15, 0.2) is 37.0 Å². The van der Waals surface area contributed by atoms with Gasteiger partial charge in [0.15, 0.2) is 0 Å². The Morgan fingerprint density at radius 2 is 1.57 bits per heavy atom. The van der Waals surface area contributed by atoms with Gasteiger partial charge in [0.2, 0.25) is 0 Å². The fourth-order valence-electron chi connectivity index (χ4n) is 1.79. The van der Waals surface area contributed by atoms with Crippen LogP contribution in [0.5, 0.6) is 0 Å². The van der Waals surface area contributed by atoms with E-state index in [2.05, 4.69) is 33.1 Å². The van der Waals surface area contributed by atoms with E-state index >= 15 is 0 Å². The SMILES string of the molecule is C/C=C(\C)C1CCCCC1.C=CC=C. The maximum atomic E-state index is 3.36. The number of allylic oxidation sites excluding steroid dienone is 4. The van der Waals surface area contributed by atoms with E-state index in [9.17, 15) is 0 Å². The maximum Gasteiger partial charge on any atom is -0.0206 e. The summed E-state index contributed by atoms with van der Waals surface area (Å²) in [7, 11) is 0. The maximum absolute atomic E-state index is 3.36. The Labute approximate surface area is 89.4 Å². The zero-order valence-corrected chi connectivity index (χ0v) is 9.76. The van der Waals surface area contributed by atoms with E-state index in [4.69, 9.17) is 0 Å². The molecule has 0 aromatic rings. The summed E-state index contributed by atoms with van der Waals surface area (Å²) in [4.78, 5) is 0. The first-order valence-electron chi connectivity index (χ1n) is 5.62. The molecule has 0 atom stereocenters. The highest BCUT2D eigenvalue weighted by atomic mass is 14.2. The van der Waals surface area contributed by atoms with Gasteiger partial charge in [-0.3, -0.25) is 0 Å². The van der Waals surface area contributed by atoms with Gasteiger partial charge >= 0.3 is 0 Å². The molecule has 0 nitrogen and oxygen atoms in total. The second-order valence-corrected chi connectivity index (χ2v) is 3.84. The zero-order chi connectivity index (χ0) is 10.8. The Morgan fingerprint density at radius 1 is 1.07 bits per heavy atom. The molecule has 0 heterocycles. The minimum Gasteiger partial charge on any atom is -0.0991 e. The molecule has 0 saturated heterocycles. The molecule has 1 fully saturated rings. The second-order valence-electron chi connectivity index (χ2n) is 3.84. The monoisotopic (exact) mass is 192 g/mol. The van der Waals surface area contributed by atoms with Crippen LogP contribution in [0.25, 0.3) is 0 Å². The highest BCUT2D eigenvalue weighted by Crippen LogP contribution is 2.28. The average molecular weight is 192 g/mol. The van der Waals surface area contributed by atoms with E-state index in [-0.39, 0.29) is 0 Å². The Kier molecular flexibility index (Phi) is 8.31. The van der Waals surface area contributed by atoms with Gasteiger partial charge in [-0.15, -0.1) is 0 Å². The van der Waals surface area contributed by atoms with Crippen molar-refractivity contribution in [3.8, 4) is 0 Å². The molecule has 0 heteroatoms. The lowest BCUT2D eigenvalue weighted by Crippen LogP contribution is -2.06. The fraction of sp³-hybridized carbons (Fsp3) is 0.571. The van der Waals surface area contributed by atoms with Crippen molar-refractivity contribution in [2.24, 2.45) is 5.92 Å². The van der Waals surface area contributed by atoms with Crippen molar-refractivity contribution in [1.82, 2.24) is 0 Å². The van der Waals surface area contributed by atoms with E-state index < -0.39 is 0 Å². The quantitative estimate of drug-likeness (QED) is 0.431. The van der Waals surface area contributed by atoms with Crippen LogP contribution in [0, 0.1) is 5.92 Å². The zero-order valence-electron chi connectivity index (χ0n) is 9.76. The lowest BCUT2D eigenvalue weighted by atomic mass is 9.84. The smallest absolute Gasteiger partial charge is 0.0206 e. The third kappa shape index (κ3) is 5.80. The van der Waals surface area contributed by atoms with Crippen molar-refractivity contribution in [1.29, 1.82) is 0 Å². The van der Waals surface area contributed by atoms with Crippen LogP contribution in [0.1, 0.15) is 46.0 Å². The summed E-state index contributed by atoms with van der Waals surface area (Å²) in [5, 5.41) is 0. The molecule has 0 aromatic carbocycles. The molecule has 1 aliphatic carbocycles. The van der Waals surface area contributed by atoms with Gasteiger partial charge in [0, 0.05) is 0 Å². The molecule has 14 heavy (non-hydrogen) atoms. The van der Waals surface area contributed by atoms with Crippen LogP contribution in [0.2, 0.25) is 0 Å². The van der Waals surface area contributed by atoms with E-state index in [1.165, 1.54) is 32.1 Å². The van der Waals surface area contributed by atoms with Crippen molar-refractivity contribution < 1.29 is 0 Å². The minimum atomic E-state index is 0.929. The largest absolute Gasteiger partial charge is 0.0991 e. The Hall–Kier alpha value is -0.780. The summed E-state index contributed by atoms with van der Waals surface area (Å²) in [6.45, 7) is 11.2. The third-order valence-corrected chi connectivity index (χ3v) is 2.87. The van der Waals surface area contributed by atoms with Gasteiger partial charge in [0.05, 0.1) is 0 Å². The molecule has 0 aromatic heterocycles. The van der Waals surface area contributed by atoms with E-state index in [1.807, 2.05) is 0 Å². The molecule has 0 unspecified atom stereocenters. The van der Waals surface area contributed by atoms with Crippen LogP contribution in [0.4, 0.5) is 0 Å². The summed E-state index contributed by atoms with van der Waals surface area (Å²) in [6.07, 6.45) is 12.8. The number of rotatable bonds is 2. The molecule has 1 aliphatic rings. The van der Waals surface area contributed by atoms with Crippen LogP contribution in [0.3, 0.4) is 0 Å². The normalized spacial score (nSPS) is 18.0. The average Bonchev–Trinajstić information content (AvgIpc) is 2.29.